The van der Waals surface area contributed by atoms with Gasteiger partial charge in [0.05, 0.1) is 12.2 Å². The Morgan fingerprint density at radius 2 is 2.36 bits per heavy atom. The molecule has 0 aromatic rings. The van der Waals surface area contributed by atoms with E-state index in [0.29, 0.717) is 6.04 Å². The third kappa shape index (κ3) is 2.88. The van der Waals surface area contributed by atoms with E-state index in [-0.39, 0.29) is 5.60 Å². The van der Waals surface area contributed by atoms with Crippen molar-refractivity contribution in [3.05, 3.63) is 0 Å². The minimum Gasteiger partial charge on any atom is -0.374 e. The van der Waals surface area contributed by atoms with Crippen molar-refractivity contribution >= 4 is 11.8 Å². The van der Waals surface area contributed by atoms with Crippen LogP contribution >= 0.6 is 11.8 Å². The van der Waals surface area contributed by atoms with Crippen molar-refractivity contribution in [1.29, 1.82) is 0 Å². The molecule has 2 atom stereocenters. The summed E-state index contributed by atoms with van der Waals surface area (Å²) in [6, 6.07) is 0.593. The topological polar surface area (TPSA) is 21.3 Å². The predicted octanol–water partition coefficient (Wildman–Crippen LogP) is 1.90. The second-order valence-electron chi connectivity index (χ2n) is 5.11. The maximum atomic E-state index is 5.70. The summed E-state index contributed by atoms with van der Waals surface area (Å²) in [5.74, 6) is 3.62. The van der Waals surface area contributed by atoms with Crippen LogP contribution in [0.1, 0.15) is 26.7 Å². The van der Waals surface area contributed by atoms with Crippen molar-refractivity contribution in [2.24, 2.45) is 5.92 Å². The number of nitrogens with one attached hydrogen (secondary N) is 1. The monoisotopic (exact) mass is 215 g/mol. The van der Waals surface area contributed by atoms with Crippen LogP contribution in [0.4, 0.5) is 0 Å². The Kier molecular flexibility index (Phi) is 3.40. The minimum absolute atomic E-state index is 0.0993. The molecule has 2 unspecified atom stereocenters. The lowest BCUT2D eigenvalue weighted by molar-refractivity contribution is 0.0357. The summed E-state index contributed by atoms with van der Waals surface area (Å²) in [7, 11) is 0. The molecule has 2 aliphatic heterocycles. The molecular weight excluding hydrogens is 194 g/mol. The van der Waals surface area contributed by atoms with Crippen LogP contribution in [0.5, 0.6) is 0 Å². The summed E-state index contributed by atoms with van der Waals surface area (Å²) < 4.78 is 5.70. The Morgan fingerprint density at radius 3 is 2.93 bits per heavy atom. The van der Waals surface area contributed by atoms with Crippen LogP contribution in [-0.4, -0.2) is 36.3 Å². The molecule has 2 heterocycles. The molecule has 0 aromatic heterocycles. The fourth-order valence-corrected chi connectivity index (χ4v) is 3.53. The Morgan fingerprint density at radius 1 is 1.50 bits per heavy atom. The van der Waals surface area contributed by atoms with Gasteiger partial charge in [-0.15, -0.1) is 0 Å². The van der Waals surface area contributed by atoms with Crippen molar-refractivity contribution in [2.45, 2.75) is 38.3 Å². The molecule has 2 aliphatic rings. The van der Waals surface area contributed by atoms with E-state index >= 15 is 0 Å². The zero-order valence-corrected chi connectivity index (χ0v) is 10.0. The zero-order valence-electron chi connectivity index (χ0n) is 9.21. The molecule has 0 aromatic carbocycles. The van der Waals surface area contributed by atoms with Crippen LogP contribution in [0, 0.1) is 5.92 Å². The predicted molar refractivity (Wildman–Crippen MR) is 61.9 cm³/mol. The van der Waals surface area contributed by atoms with Gasteiger partial charge in [-0.25, -0.2) is 0 Å². The molecule has 82 valence electrons. The molecule has 0 radical (unpaired) electrons. The molecule has 0 bridgehead atoms. The van der Waals surface area contributed by atoms with Gasteiger partial charge in [0, 0.05) is 6.04 Å². The average molecular weight is 215 g/mol. The highest BCUT2D eigenvalue weighted by Gasteiger charge is 2.31. The smallest absolute Gasteiger partial charge is 0.0643 e. The quantitative estimate of drug-likeness (QED) is 0.777. The normalized spacial score (nSPS) is 36.4. The number of thioether (sulfide) groups is 1. The average Bonchev–Trinajstić information content (AvgIpc) is 2.70. The van der Waals surface area contributed by atoms with Crippen molar-refractivity contribution in [2.75, 3.05) is 24.7 Å². The zero-order chi connectivity index (χ0) is 10.0. The first-order valence-electron chi connectivity index (χ1n) is 5.61. The van der Waals surface area contributed by atoms with Gasteiger partial charge >= 0.3 is 0 Å². The van der Waals surface area contributed by atoms with Gasteiger partial charge in [0.25, 0.3) is 0 Å². The van der Waals surface area contributed by atoms with E-state index in [2.05, 4.69) is 30.9 Å². The van der Waals surface area contributed by atoms with E-state index in [9.17, 15) is 0 Å². The van der Waals surface area contributed by atoms with Crippen LogP contribution < -0.4 is 5.32 Å². The number of hydrogen-bond acceptors (Lipinski definition) is 3. The molecule has 2 saturated heterocycles. The fraction of sp³-hybridized carbons (Fsp3) is 1.00. The largest absolute Gasteiger partial charge is 0.374 e. The van der Waals surface area contributed by atoms with E-state index < -0.39 is 0 Å². The second kappa shape index (κ2) is 4.42. The molecular formula is C11H21NOS. The van der Waals surface area contributed by atoms with Crippen molar-refractivity contribution in [1.82, 2.24) is 5.32 Å². The fourth-order valence-electron chi connectivity index (χ4n) is 2.25. The Labute approximate surface area is 91.2 Å². The van der Waals surface area contributed by atoms with Crippen molar-refractivity contribution in [3.8, 4) is 0 Å². The molecule has 2 fully saturated rings. The van der Waals surface area contributed by atoms with Crippen LogP contribution in [0.3, 0.4) is 0 Å². The molecule has 2 rings (SSSR count). The summed E-state index contributed by atoms with van der Waals surface area (Å²) in [6.07, 6.45) is 2.56. The highest BCUT2D eigenvalue weighted by Crippen LogP contribution is 2.26. The Bertz CT molecular complexity index is 190. The molecule has 0 amide bonds. The molecule has 1 N–H and O–H groups in total. The lowest BCUT2D eigenvalue weighted by Gasteiger charge is -2.17. The number of hydrogen-bond donors (Lipinski definition) is 1. The Balaban J connectivity index is 1.66. The SMILES string of the molecule is CC1(C)CC(NCC2CCSC2)CO1. The molecule has 0 spiro atoms. The van der Waals surface area contributed by atoms with E-state index in [1.807, 2.05) is 0 Å². The van der Waals surface area contributed by atoms with Crippen LogP contribution in [0.15, 0.2) is 0 Å². The standard InChI is InChI=1S/C11H21NOS/c1-11(2)5-10(7-13-11)12-6-9-3-4-14-8-9/h9-10,12H,3-8H2,1-2H3. The first-order chi connectivity index (χ1) is 6.66. The number of ether oxygens (including phenoxy) is 1. The van der Waals surface area contributed by atoms with Crippen LogP contribution in [0.25, 0.3) is 0 Å². The van der Waals surface area contributed by atoms with Gasteiger partial charge in [-0.1, -0.05) is 0 Å². The lowest BCUT2D eigenvalue weighted by Crippen LogP contribution is -2.34. The van der Waals surface area contributed by atoms with Crippen LogP contribution in [-0.2, 0) is 4.74 Å². The first kappa shape index (κ1) is 10.8. The van der Waals surface area contributed by atoms with Gasteiger partial charge in [-0.05, 0) is 50.7 Å². The summed E-state index contributed by atoms with van der Waals surface area (Å²) in [6.45, 7) is 6.45. The van der Waals surface area contributed by atoms with Gasteiger partial charge in [0.15, 0.2) is 0 Å². The van der Waals surface area contributed by atoms with Crippen LogP contribution in [0.2, 0.25) is 0 Å². The maximum Gasteiger partial charge on any atom is 0.0643 e. The van der Waals surface area contributed by atoms with Gasteiger partial charge in [0.1, 0.15) is 0 Å². The van der Waals surface area contributed by atoms with Gasteiger partial charge in [-0.2, -0.15) is 11.8 Å². The highest BCUT2D eigenvalue weighted by atomic mass is 32.2. The third-order valence-electron chi connectivity index (χ3n) is 3.13. The summed E-state index contributed by atoms with van der Waals surface area (Å²) in [5.41, 5.74) is 0.0993. The van der Waals surface area contributed by atoms with Crippen molar-refractivity contribution in [3.63, 3.8) is 0 Å². The van der Waals surface area contributed by atoms with E-state index in [1.165, 1.54) is 24.5 Å². The van der Waals surface area contributed by atoms with Gasteiger partial charge in [0.2, 0.25) is 0 Å². The highest BCUT2D eigenvalue weighted by molar-refractivity contribution is 7.99. The molecule has 0 aliphatic carbocycles. The molecule has 3 heteroatoms. The van der Waals surface area contributed by atoms with Gasteiger partial charge < -0.3 is 10.1 Å². The van der Waals surface area contributed by atoms with Gasteiger partial charge in [-0.3, -0.25) is 0 Å². The second-order valence-corrected chi connectivity index (χ2v) is 6.26. The summed E-state index contributed by atoms with van der Waals surface area (Å²) in [5, 5.41) is 3.64. The first-order valence-corrected chi connectivity index (χ1v) is 6.76. The molecule has 14 heavy (non-hydrogen) atoms. The number of rotatable bonds is 3. The van der Waals surface area contributed by atoms with E-state index in [4.69, 9.17) is 4.74 Å². The third-order valence-corrected chi connectivity index (χ3v) is 4.36. The lowest BCUT2D eigenvalue weighted by atomic mass is 10.0. The minimum atomic E-state index is 0.0993. The van der Waals surface area contributed by atoms with E-state index in [0.717, 1.165) is 18.9 Å². The summed E-state index contributed by atoms with van der Waals surface area (Å²) >= 11 is 2.09. The van der Waals surface area contributed by atoms with Crippen molar-refractivity contribution < 1.29 is 4.74 Å². The Hall–Kier alpha value is 0.270. The molecule has 0 saturated carbocycles. The summed E-state index contributed by atoms with van der Waals surface area (Å²) in [4.78, 5) is 0. The molecule has 2 nitrogen and oxygen atoms in total. The van der Waals surface area contributed by atoms with E-state index in [1.54, 1.807) is 0 Å². The maximum absolute atomic E-state index is 5.70.